The molecule has 6 nitrogen and oxygen atoms in total. The Hall–Kier alpha value is -1.14. The molecule has 1 unspecified atom stereocenters. The standard InChI is InChI=1S/C12H22N2O4/c1-9-6-4-5-7-14(9)12(16)11(15)13-8-10(17-2)18-3/h9-10H,4-8H2,1-3H3,(H,13,15). The highest BCUT2D eigenvalue weighted by Gasteiger charge is 2.28. The summed E-state index contributed by atoms with van der Waals surface area (Å²) in [7, 11) is 2.96. The molecule has 0 radical (unpaired) electrons. The van der Waals surface area contributed by atoms with E-state index in [0.29, 0.717) is 6.54 Å². The fourth-order valence-corrected chi connectivity index (χ4v) is 2.04. The summed E-state index contributed by atoms with van der Waals surface area (Å²) in [6, 6.07) is 0.137. The van der Waals surface area contributed by atoms with Crippen LogP contribution in [0.25, 0.3) is 0 Å². The number of hydrogen-bond acceptors (Lipinski definition) is 4. The third kappa shape index (κ3) is 3.96. The smallest absolute Gasteiger partial charge is 0.312 e. The first-order valence-corrected chi connectivity index (χ1v) is 6.24. The van der Waals surface area contributed by atoms with Crippen LogP contribution in [-0.2, 0) is 19.1 Å². The van der Waals surface area contributed by atoms with Crippen LogP contribution in [0.2, 0.25) is 0 Å². The van der Waals surface area contributed by atoms with Gasteiger partial charge < -0.3 is 19.7 Å². The number of ether oxygens (including phenoxy) is 2. The van der Waals surface area contributed by atoms with Crippen molar-refractivity contribution in [3.05, 3.63) is 0 Å². The van der Waals surface area contributed by atoms with Gasteiger partial charge in [0.2, 0.25) is 0 Å². The summed E-state index contributed by atoms with van der Waals surface area (Å²) in [4.78, 5) is 25.3. The van der Waals surface area contributed by atoms with Crippen LogP contribution in [0, 0.1) is 0 Å². The van der Waals surface area contributed by atoms with E-state index in [1.54, 1.807) is 4.90 Å². The predicted molar refractivity (Wildman–Crippen MR) is 65.8 cm³/mol. The first kappa shape index (κ1) is 14.9. The molecule has 1 N–H and O–H groups in total. The number of methoxy groups -OCH3 is 2. The Kier molecular flexibility index (Phi) is 6.07. The van der Waals surface area contributed by atoms with Gasteiger partial charge in [-0.15, -0.1) is 0 Å². The van der Waals surface area contributed by atoms with E-state index in [1.807, 2.05) is 6.92 Å². The summed E-state index contributed by atoms with van der Waals surface area (Å²) >= 11 is 0. The van der Waals surface area contributed by atoms with Gasteiger partial charge in [-0.3, -0.25) is 9.59 Å². The monoisotopic (exact) mass is 258 g/mol. The molecule has 1 rings (SSSR count). The van der Waals surface area contributed by atoms with Crippen LogP contribution in [0.3, 0.4) is 0 Å². The topological polar surface area (TPSA) is 67.9 Å². The van der Waals surface area contributed by atoms with E-state index in [-0.39, 0.29) is 12.6 Å². The number of rotatable bonds is 4. The van der Waals surface area contributed by atoms with E-state index >= 15 is 0 Å². The zero-order valence-electron chi connectivity index (χ0n) is 11.3. The lowest BCUT2D eigenvalue weighted by Gasteiger charge is -2.32. The number of carbonyl (C=O) groups is 2. The van der Waals surface area contributed by atoms with E-state index in [2.05, 4.69) is 5.32 Å². The van der Waals surface area contributed by atoms with Crippen LogP contribution in [-0.4, -0.2) is 56.4 Å². The van der Waals surface area contributed by atoms with Crippen LogP contribution in [0.1, 0.15) is 26.2 Å². The summed E-state index contributed by atoms with van der Waals surface area (Å²) in [5, 5.41) is 2.52. The van der Waals surface area contributed by atoms with Crippen molar-refractivity contribution in [1.82, 2.24) is 10.2 Å². The summed E-state index contributed by atoms with van der Waals surface area (Å²) in [5.41, 5.74) is 0. The fraction of sp³-hybridized carbons (Fsp3) is 0.833. The van der Waals surface area contributed by atoms with Gasteiger partial charge in [-0.2, -0.15) is 0 Å². The lowest BCUT2D eigenvalue weighted by atomic mass is 10.0. The Balaban J connectivity index is 2.43. The molecule has 2 amide bonds. The Morgan fingerprint density at radius 2 is 2.00 bits per heavy atom. The van der Waals surface area contributed by atoms with Gasteiger partial charge in [0, 0.05) is 26.8 Å². The first-order chi connectivity index (χ1) is 8.60. The Morgan fingerprint density at radius 3 is 2.56 bits per heavy atom. The molecule has 1 heterocycles. The van der Waals surface area contributed by atoms with E-state index in [9.17, 15) is 9.59 Å². The van der Waals surface area contributed by atoms with Gasteiger partial charge in [-0.25, -0.2) is 0 Å². The number of carbonyl (C=O) groups excluding carboxylic acids is 2. The van der Waals surface area contributed by atoms with E-state index in [1.165, 1.54) is 14.2 Å². The van der Waals surface area contributed by atoms with Crippen LogP contribution >= 0.6 is 0 Å². The number of nitrogens with zero attached hydrogens (tertiary/aromatic N) is 1. The summed E-state index contributed by atoms with van der Waals surface area (Å²) in [5.74, 6) is -1.06. The molecule has 0 saturated carbocycles. The SMILES string of the molecule is COC(CNC(=O)C(=O)N1CCCCC1C)OC. The molecule has 0 bridgehead atoms. The molecular weight excluding hydrogens is 236 g/mol. The molecule has 0 aliphatic carbocycles. The number of piperidine rings is 1. The quantitative estimate of drug-likeness (QED) is 0.574. The minimum Gasteiger partial charge on any atom is -0.354 e. The lowest BCUT2D eigenvalue weighted by Crippen LogP contribution is -2.50. The summed E-state index contributed by atoms with van der Waals surface area (Å²) < 4.78 is 9.87. The van der Waals surface area contributed by atoms with E-state index in [4.69, 9.17) is 9.47 Å². The number of hydrogen-bond donors (Lipinski definition) is 1. The lowest BCUT2D eigenvalue weighted by molar-refractivity contribution is -0.149. The van der Waals surface area contributed by atoms with Gasteiger partial charge in [0.1, 0.15) is 0 Å². The molecule has 104 valence electrons. The van der Waals surface area contributed by atoms with Gasteiger partial charge in [0.15, 0.2) is 6.29 Å². The number of amides is 2. The van der Waals surface area contributed by atoms with Crippen molar-refractivity contribution in [3.63, 3.8) is 0 Å². The molecule has 0 spiro atoms. The summed E-state index contributed by atoms with van der Waals surface area (Å²) in [6.45, 7) is 2.79. The zero-order chi connectivity index (χ0) is 13.5. The van der Waals surface area contributed by atoms with Gasteiger partial charge in [0.05, 0.1) is 6.54 Å². The second kappa shape index (κ2) is 7.33. The summed E-state index contributed by atoms with van der Waals surface area (Å²) in [6.07, 6.45) is 2.50. The molecule has 0 aromatic carbocycles. The minimum absolute atomic E-state index is 0.137. The molecule has 1 aliphatic heterocycles. The van der Waals surface area contributed by atoms with Crippen molar-refractivity contribution in [2.24, 2.45) is 0 Å². The highest BCUT2D eigenvalue weighted by molar-refractivity contribution is 6.35. The molecule has 6 heteroatoms. The van der Waals surface area contributed by atoms with Crippen molar-refractivity contribution in [2.45, 2.75) is 38.5 Å². The Bertz CT molecular complexity index is 292. The number of nitrogens with one attached hydrogen (secondary N) is 1. The van der Waals surface area contributed by atoms with E-state index < -0.39 is 18.1 Å². The second-order valence-corrected chi connectivity index (χ2v) is 4.45. The maximum absolute atomic E-state index is 11.9. The van der Waals surface area contributed by atoms with Crippen molar-refractivity contribution in [1.29, 1.82) is 0 Å². The maximum atomic E-state index is 11.9. The van der Waals surface area contributed by atoms with Crippen molar-refractivity contribution in [2.75, 3.05) is 27.3 Å². The Labute approximate surface area is 108 Å². The number of likely N-dealkylation sites (tertiary alicyclic amines) is 1. The van der Waals surface area contributed by atoms with Gasteiger partial charge in [-0.1, -0.05) is 0 Å². The molecule has 1 saturated heterocycles. The second-order valence-electron chi connectivity index (χ2n) is 4.45. The normalized spacial score (nSPS) is 20.0. The molecule has 1 atom stereocenters. The highest BCUT2D eigenvalue weighted by atomic mass is 16.7. The fourth-order valence-electron chi connectivity index (χ4n) is 2.04. The van der Waals surface area contributed by atoms with Crippen molar-refractivity contribution < 1.29 is 19.1 Å². The highest BCUT2D eigenvalue weighted by Crippen LogP contribution is 2.16. The average molecular weight is 258 g/mol. The van der Waals surface area contributed by atoms with Gasteiger partial charge in [0.25, 0.3) is 0 Å². The van der Waals surface area contributed by atoms with Gasteiger partial charge >= 0.3 is 11.8 Å². The third-order valence-electron chi connectivity index (χ3n) is 3.21. The first-order valence-electron chi connectivity index (χ1n) is 6.24. The largest absolute Gasteiger partial charge is 0.354 e. The van der Waals surface area contributed by atoms with Crippen molar-refractivity contribution >= 4 is 11.8 Å². The van der Waals surface area contributed by atoms with Crippen LogP contribution < -0.4 is 5.32 Å². The third-order valence-corrected chi connectivity index (χ3v) is 3.21. The molecular formula is C12H22N2O4. The maximum Gasteiger partial charge on any atom is 0.312 e. The van der Waals surface area contributed by atoms with Crippen molar-refractivity contribution in [3.8, 4) is 0 Å². The Morgan fingerprint density at radius 1 is 1.33 bits per heavy atom. The van der Waals surface area contributed by atoms with E-state index in [0.717, 1.165) is 19.3 Å². The minimum atomic E-state index is -0.595. The van der Waals surface area contributed by atoms with Crippen LogP contribution in [0.15, 0.2) is 0 Å². The molecule has 18 heavy (non-hydrogen) atoms. The molecule has 0 aromatic heterocycles. The molecule has 1 aliphatic rings. The van der Waals surface area contributed by atoms with Crippen LogP contribution in [0.5, 0.6) is 0 Å². The molecule has 1 fully saturated rings. The average Bonchev–Trinajstić information content (AvgIpc) is 2.39. The van der Waals surface area contributed by atoms with Crippen LogP contribution in [0.4, 0.5) is 0 Å². The zero-order valence-corrected chi connectivity index (χ0v) is 11.3. The predicted octanol–water partition coefficient (Wildman–Crippen LogP) is 0.123. The molecule has 0 aromatic rings. The van der Waals surface area contributed by atoms with Gasteiger partial charge in [-0.05, 0) is 26.2 Å².